The number of hydrogen-bond donors (Lipinski definition) is 2. The van der Waals surface area contributed by atoms with Crippen molar-refractivity contribution in [3.05, 3.63) is 48.2 Å². The Morgan fingerprint density at radius 1 is 1.10 bits per heavy atom. The smallest absolute Gasteiger partial charge is 0.261 e. The lowest BCUT2D eigenvalue weighted by molar-refractivity contribution is 0.601. The number of benzene rings is 1. The standard InChI is InChI=1S/C14H17N3O2S/c1-10(2)11-3-6-13(7-4-11)20(18,19)17-12-5-8-14(15)16-9-12/h3-10,17H,1-2H3,(H2,15,16). The Balaban J connectivity index is 2.23. The number of nitrogens with zero attached hydrogens (tertiary/aromatic N) is 1. The lowest BCUT2D eigenvalue weighted by Gasteiger charge is -2.10. The first-order valence-corrected chi connectivity index (χ1v) is 7.71. The minimum atomic E-state index is -3.60. The zero-order chi connectivity index (χ0) is 14.8. The third-order valence-corrected chi connectivity index (χ3v) is 4.29. The van der Waals surface area contributed by atoms with Crippen LogP contribution in [0.25, 0.3) is 0 Å². The van der Waals surface area contributed by atoms with Crippen LogP contribution in [0, 0.1) is 0 Å². The monoisotopic (exact) mass is 291 g/mol. The number of aromatic nitrogens is 1. The zero-order valence-corrected chi connectivity index (χ0v) is 12.2. The molecule has 20 heavy (non-hydrogen) atoms. The summed E-state index contributed by atoms with van der Waals surface area (Å²) in [5.74, 6) is 0.704. The number of nitrogens with one attached hydrogen (secondary N) is 1. The van der Waals surface area contributed by atoms with Crippen molar-refractivity contribution in [2.45, 2.75) is 24.7 Å². The number of sulfonamides is 1. The van der Waals surface area contributed by atoms with Gasteiger partial charge in [0.25, 0.3) is 10.0 Å². The SMILES string of the molecule is CC(C)c1ccc(S(=O)(=O)Nc2ccc(N)nc2)cc1. The van der Waals surface area contributed by atoms with Crippen molar-refractivity contribution in [3.8, 4) is 0 Å². The van der Waals surface area contributed by atoms with Gasteiger partial charge in [-0.1, -0.05) is 26.0 Å². The Labute approximate surface area is 118 Å². The summed E-state index contributed by atoms with van der Waals surface area (Å²) in [4.78, 5) is 4.07. The minimum Gasteiger partial charge on any atom is -0.384 e. The van der Waals surface area contributed by atoms with Crippen molar-refractivity contribution >= 4 is 21.5 Å². The Kier molecular flexibility index (Phi) is 3.94. The van der Waals surface area contributed by atoms with E-state index < -0.39 is 10.0 Å². The molecule has 0 aliphatic heterocycles. The second-order valence-electron chi connectivity index (χ2n) is 4.80. The van der Waals surface area contributed by atoms with E-state index in [9.17, 15) is 8.42 Å². The van der Waals surface area contributed by atoms with Gasteiger partial charge in [0.2, 0.25) is 0 Å². The zero-order valence-electron chi connectivity index (χ0n) is 11.4. The molecule has 0 fully saturated rings. The maximum absolute atomic E-state index is 12.2. The summed E-state index contributed by atoms with van der Waals surface area (Å²) < 4.78 is 26.9. The molecule has 0 atom stereocenters. The fraction of sp³-hybridized carbons (Fsp3) is 0.214. The lowest BCUT2D eigenvalue weighted by atomic mass is 10.0. The molecule has 1 heterocycles. The fourth-order valence-corrected chi connectivity index (χ4v) is 2.75. The van der Waals surface area contributed by atoms with E-state index in [4.69, 9.17) is 5.73 Å². The van der Waals surface area contributed by atoms with Crippen molar-refractivity contribution in [1.29, 1.82) is 0 Å². The molecular weight excluding hydrogens is 274 g/mol. The van der Waals surface area contributed by atoms with Crippen molar-refractivity contribution < 1.29 is 8.42 Å². The number of hydrogen-bond acceptors (Lipinski definition) is 4. The molecule has 0 unspecified atom stereocenters. The summed E-state index contributed by atoms with van der Waals surface area (Å²) in [6, 6.07) is 9.95. The van der Waals surface area contributed by atoms with Crippen LogP contribution in [0.1, 0.15) is 25.3 Å². The molecule has 6 heteroatoms. The molecule has 1 aromatic carbocycles. The minimum absolute atomic E-state index is 0.221. The summed E-state index contributed by atoms with van der Waals surface area (Å²) in [5.41, 5.74) is 6.94. The van der Waals surface area contributed by atoms with Gasteiger partial charge in [0.15, 0.2) is 0 Å². The normalized spacial score (nSPS) is 11.6. The van der Waals surface area contributed by atoms with E-state index in [0.29, 0.717) is 17.4 Å². The molecule has 2 rings (SSSR count). The van der Waals surface area contributed by atoms with Crippen LogP contribution < -0.4 is 10.5 Å². The van der Waals surface area contributed by atoms with Crippen molar-refractivity contribution in [3.63, 3.8) is 0 Å². The molecule has 2 aromatic rings. The molecular formula is C14H17N3O2S. The molecule has 0 bridgehead atoms. The molecule has 1 aromatic heterocycles. The summed E-state index contributed by atoms with van der Waals surface area (Å²) in [7, 11) is -3.60. The van der Waals surface area contributed by atoms with Crippen LogP contribution in [0.15, 0.2) is 47.5 Å². The van der Waals surface area contributed by atoms with Gasteiger partial charge in [-0.05, 0) is 35.7 Å². The first kappa shape index (κ1) is 14.3. The lowest BCUT2D eigenvalue weighted by Crippen LogP contribution is -2.13. The number of nitrogens with two attached hydrogens (primary N) is 1. The van der Waals surface area contributed by atoms with Crippen molar-refractivity contribution in [2.75, 3.05) is 10.5 Å². The quantitative estimate of drug-likeness (QED) is 0.906. The van der Waals surface area contributed by atoms with Gasteiger partial charge in [-0.15, -0.1) is 0 Å². The average molecular weight is 291 g/mol. The number of rotatable bonds is 4. The maximum Gasteiger partial charge on any atom is 0.261 e. The Bertz CT molecular complexity index is 677. The summed E-state index contributed by atoms with van der Waals surface area (Å²) in [6.07, 6.45) is 1.38. The highest BCUT2D eigenvalue weighted by Gasteiger charge is 2.14. The van der Waals surface area contributed by atoms with Crippen molar-refractivity contribution in [2.24, 2.45) is 0 Å². The van der Waals surface area contributed by atoms with Gasteiger partial charge in [0.1, 0.15) is 5.82 Å². The maximum atomic E-state index is 12.2. The third kappa shape index (κ3) is 3.27. The van der Waals surface area contributed by atoms with Crippen LogP contribution in [-0.4, -0.2) is 13.4 Å². The third-order valence-electron chi connectivity index (χ3n) is 2.90. The molecule has 5 nitrogen and oxygen atoms in total. The largest absolute Gasteiger partial charge is 0.384 e. The summed E-state index contributed by atoms with van der Waals surface area (Å²) >= 11 is 0. The molecule has 0 spiro atoms. The van der Waals surface area contributed by atoms with Gasteiger partial charge < -0.3 is 5.73 Å². The average Bonchev–Trinajstić information content (AvgIpc) is 2.41. The van der Waals surface area contributed by atoms with E-state index in [0.717, 1.165) is 5.56 Å². The van der Waals surface area contributed by atoms with Gasteiger partial charge >= 0.3 is 0 Å². The van der Waals surface area contributed by atoms with Crippen LogP contribution >= 0.6 is 0 Å². The highest BCUT2D eigenvalue weighted by atomic mass is 32.2. The first-order chi connectivity index (χ1) is 9.38. The first-order valence-electron chi connectivity index (χ1n) is 6.23. The van der Waals surface area contributed by atoms with E-state index in [1.54, 1.807) is 24.3 Å². The molecule has 0 saturated heterocycles. The van der Waals surface area contributed by atoms with Gasteiger partial charge in [-0.2, -0.15) is 0 Å². The van der Waals surface area contributed by atoms with Crippen LogP contribution in [0.3, 0.4) is 0 Å². The topological polar surface area (TPSA) is 85.1 Å². The van der Waals surface area contributed by atoms with Crippen LogP contribution in [0.5, 0.6) is 0 Å². The summed E-state index contributed by atoms with van der Waals surface area (Å²) in [5, 5.41) is 0. The molecule has 0 aliphatic rings. The molecule has 0 aliphatic carbocycles. The van der Waals surface area contributed by atoms with Crippen LogP contribution in [0.2, 0.25) is 0 Å². The Morgan fingerprint density at radius 2 is 1.75 bits per heavy atom. The van der Waals surface area contributed by atoms with Gasteiger partial charge in [-0.3, -0.25) is 4.72 Å². The van der Waals surface area contributed by atoms with E-state index in [2.05, 4.69) is 23.6 Å². The predicted octanol–water partition coefficient (Wildman–Crippen LogP) is 2.59. The molecule has 0 saturated carbocycles. The second kappa shape index (κ2) is 5.50. The predicted molar refractivity (Wildman–Crippen MR) is 80.0 cm³/mol. The van der Waals surface area contributed by atoms with Gasteiger partial charge in [0, 0.05) is 0 Å². The molecule has 106 valence electrons. The van der Waals surface area contributed by atoms with Gasteiger partial charge in [-0.25, -0.2) is 13.4 Å². The van der Waals surface area contributed by atoms with E-state index >= 15 is 0 Å². The Morgan fingerprint density at radius 3 is 2.25 bits per heavy atom. The molecule has 0 radical (unpaired) electrons. The van der Waals surface area contributed by atoms with Crippen LogP contribution in [-0.2, 0) is 10.0 Å². The highest BCUT2D eigenvalue weighted by Crippen LogP contribution is 2.19. The summed E-state index contributed by atoms with van der Waals surface area (Å²) in [6.45, 7) is 4.11. The van der Waals surface area contributed by atoms with Crippen LogP contribution in [0.4, 0.5) is 11.5 Å². The Hall–Kier alpha value is -2.08. The highest BCUT2D eigenvalue weighted by molar-refractivity contribution is 7.92. The second-order valence-corrected chi connectivity index (χ2v) is 6.48. The fourth-order valence-electron chi connectivity index (χ4n) is 1.71. The number of nitrogen functional groups attached to an aromatic ring is 1. The van der Waals surface area contributed by atoms with E-state index in [-0.39, 0.29) is 4.90 Å². The number of anilines is 2. The molecule has 0 amide bonds. The van der Waals surface area contributed by atoms with E-state index in [1.165, 1.54) is 6.20 Å². The van der Waals surface area contributed by atoms with Gasteiger partial charge in [0.05, 0.1) is 16.8 Å². The van der Waals surface area contributed by atoms with Crippen molar-refractivity contribution in [1.82, 2.24) is 4.98 Å². The number of pyridine rings is 1. The van der Waals surface area contributed by atoms with E-state index in [1.807, 2.05) is 12.1 Å². The molecule has 3 N–H and O–H groups in total.